The number of hydrogen-bond donors (Lipinski definition) is 0. The maximum Gasteiger partial charge on any atom is 0.212 e. The lowest BCUT2D eigenvalue weighted by Gasteiger charge is -2.04. The first-order valence-electron chi connectivity index (χ1n) is 8.65. The van der Waals surface area contributed by atoms with Crippen LogP contribution in [0.5, 0.6) is 5.75 Å². The Labute approximate surface area is 163 Å². The second kappa shape index (κ2) is 7.29. The number of halogens is 1. The van der Waals surface area contributed by atoms with Gasteiger partial charge in [-0.05, 0) is 48.5 Å². The van der Waals surface area contributed by atoms with Gasteiger partial charge in [0.05, 0.1) is 12.1 Å². The molecule has 2 heterocycles. The van der Waals surface area contributed by atoms with Gasteiger partial charge in [0.15, 0.2) is 0 Å². The van der Waals surface area contributed by atoms with Crippen molar-refractivity contribution in [3.8, 4) is 17.1 Å². The molecule has 4 aromatic rings. The predicted molar refractivity (Wildman–Crippen MR) is 110 cm³/mol. The van der Waals surface area contributed by atoms with Crippen molar-refractivity contribution in [2.75, 3.05) is 7.11 Å². The van der Waals surface area contributed by atoms with Gasteiger partial charge in [-0.1, -0.05) is 23.7 Å². The lowest BCUT2D eigenvalue weighted by molar-refractivity contribution is -0.646. The topological polar surface area (TPSA) is 26.2 Å². The highest BCUT2D eigenvalue weighted by Gasteiger charge is 2.10. The SMILES string of the molecule is COc1ccc(-c2ccc(/C=C/c3ccc4ccccc4[n+]3C)o2)cc1Cl. The van der Waals surface area contributed by atoms with E-state index in [0.717, 1.165) is 22.8 Å². The maximum absolute atomic E-state index is 6.21. The summed E-state index contributed by atoms with van der Waals surface area (Å²) < 4.78 is 13.3. The fourth-order valence-corrected chi connectivity index (χ4v) is 3.37. The van der Waals surface area contributed by atoms with Crippen LogP contribution in [0.15, 0.2) is 71.1 Å². The van der Waals surface area contributed by atoms with Crippen LogP contribution in [0.3, 0.4) is 0 Å². The van der Waals surface area contributed by atoms with Gasteiger partial charge in [-0.3, -0.25) is 0 Å². The summed E-state index contributed by atoms with van der Waals surface area (Å²) in [7, 11) is 3.67. The number of furan rings is 1. The highest BCUT2D eigenvalue weighted by Crippen LogP contribution is 2.31. The second-order valence-corrected chi connectivity index (χ2v) is 6.67. The van der Waals surface area contributed by atoms with E-state index in [0.29, 0.717) is 10.8 Å². The summed E-state index contributed by atoms with van der Waals surface area (Å²) in [5.41, 5.74) is 3.20. The van der Waals surface area contributed by atoms with Crippen LogP contribution in [-0.2, 0) is 7.05 Å². The van der Waals surface area contributed by atoms with Crippen molar-refractivity contribution in [1.82, 2.24) is 0 Å². The number of nitrogens with zero attached hydrogens (tertiary/aromatic N) is 1. The lowest BCUT2D eigenvalue weighted by atomic mass is 10.1. The summed E-state index contributed by atoms with van der Waals surface area (Å²) in [6.07, 6.45) is 4.02. The summed E-state index contributed by atoms with van der Waals surface area (Å²) in [6, 6.07) is 22.1. The predicted octanol–water partition coefficient (Wildman–Crippen LogP) is 5.76. The molecule has 0 unspecified atom stereocenters. The number of fused-ring (bicyclic) bond motifs is 1. The lowest BCUT2D eigenvalue weighted by Crippen LogP contribution is -2.32. The van der Waals surface area contributed by atoms with Gasteiger partial charge in [0.25, 0.3) is 0 Å². The fourth-order valence-electron chi connectivity index (χ4n) is 3.11. The summed E-state index contributed by atoms with van der Waals surface area (Å²) >= 11 is 6.21. The molecule has 4 rings (SSSR count). The van der Waals surface area contributed by atoms with Gasteiger partial charge in [0.2, 0.25) is 11.2 Å². The normalized spacial score (nSPS) is 11.4. The molecule has 3 nitrogen and oxygen atoms in total. The van der Waals surface area contributed by atoms with E-state index < -0.39 is 0 Å². The Kier molecular flexibility index (Phi) is 4.69. The molecular weight excluding hydrogens is 358 g/mol. The summed E-state index contributed by atoms with van der Waals surface area (Å²) in [5.74, 6) is 2.20. The average Bonchev–Trinajstić information content (AvgIpc) is 3.17. The van der Waals surface area contributed by atoms with Gasteiger partial charge in [-0.15, -0.1) is 0 Å². The van der Waals surface area contributed by atoms with Crippen LogP contribution >= 0.6 is 11.6 Å². The molecule has 0 spiro atoms. The molecule has 0 saturated heterocycles. The zero-order valence-electron chi connectivity index (χ0n) is 15.1. The van der Waals surface area contributed by atoms with Crippen LogP contribution in [0.25, 0.3) is 34.4 Å². The molecule has 134 valence electrons. The number of benzene rings is 2. The Balaban J connectivity index is 1.61. The molecule has 4 heteroatoms. The summed E-state index contributed by atoms with van der Waals surface area (Å²) in [5, 5.41) is 1.78. The number of ether oxygens (including phenoxy) is 1. The zero-order chi connectivity index (χ0) is 18.8. The molecule has 0 aliphatic heterocycles. The number of rotatable bonds is 4. The van der Waals surface area contributed by atoms with Gasteiger partial charge in [0.1, 0.15) is 24.3 Å². The van der Waals surface area contributed by atoms with E-state index >= 15 is 0 Å². The Hall–Kier alpha value is -3.04. The van der Waals surface area contributed by atoms with Crippen molar-refractivity contribution in [3.63, 3.8) is 0 Å². The minimum Gasteiger partial charge on any atom is -0.495 e. The largest absolute Gasteiger partial charge is 0.495 e. The Morgan fingerprint density at radius 2 is 1.81 bits per heavy atom. The minimum absolute atomic E-state index is 0.562. The van der Waals surface area contributed by atoms with Crippen LogP contribution in [0.4, 0.5) is 0 Å². The molecule has 0 N–H and O–H groups in total. The number of pyridine rings is 1. The fraction of sp³-hybridized carbons (Fsp3) is 0.0870. The van der Waals surface area contributed by atoms with E-state index in [1.54, 1.807) is 7.11 Å². The highest BCUT2D eigenvalue weighted by atomic mass is 35.5. The Morgan fingerprint density at radius 3 is 2.63 bits per heavy atom. The maximum atomic E-state index is 6.21. The van der Waals surface area contributed by atoms with E-state index in [9.17, 15) is 0 Å². The zero-order valence-corrected chi connectivity index (χ0v) is 15.9. The first-order valence-corrected chi connectivity index (χ1v) is 9.03. The third-order valence-corrected chi connectivity index (χ3v) is 4.90. The molecule has 2 aromatic heterocycles. The molecule has 0 radical (unpaired) electrons. The molecule has 0 bridgehead atoms. The molecule has 0 aliphatic carbocycles. The van der Waals surface area contributed by atoms with E-state index in [2.05, 4.69) is 48.0 Å². The minimum atomic E-state index is 0.562. The quantitative estimate of drug-likeness (QED) is 0.423. The van der Waals surface area contributed by atoms with Gasteiger partial charge in [-0.2, -0.15) is 4.57 Å². The van der Waals surface area contributed by atoms with Crippen LogP contribution in [0, 0.1) is 0 Å². The third kappa shape index (κ3) is 3.46. The van der Waals surface area contributed by atoms with Crippen molar-refractivity contribution >= 4 is 34.7 Å². The van der Waals surface area contributed by atoms with Crippen molar-refractivity contribution in [2.45, 2.75) is 0 Å². The van der Waals surface area contributed by atoms with E-state index in [-0.39, 0.29) is 0 Å². The van der Waals surface area contributed by atoms with Gasteiger partial charge in [0, 0.05) is 29.2 Å². The molecule has 27 heavy (non-hydrogen) atoms. The standard InChI is InChI=1S/C23H19ClNO2/c1-25-18(9-7-16-5-3-4-6-21(16)25)10-11-19-12-14-22(27-19)17-8-13-23(26-2)20(24)15-17/h3-15H,1-2H3/q+1/b11-10+. The van der Waals surface area contributed by atoms with E-state index in [1.165, 1.54) is 10.9 Å². The second-order valence-electron chi connectivity index (χ2n) is 6.26. The first-order chi connectivity index (χ1) is 13.2. The summed E-state index contributed by atoms with van der Waals surface area (Å²) in [4.78, 5) is 0. The van der Waals surface area contributed by atoms with Crippen LogP contribution in [0.1, 0.15) is 11.5 Å². The van der Waals surface area contributed by atoms with Crippen LogP contribution < -0.4 is 9.30 Å². The van der Waals surface area contributed by atoms with Crippen LogP contribution in [0.2, 0.25) is 5.02 Å². The van der Waals surface area contributed by atoms with E-state index in [4.69, 9.17) is 20.8 Å². The first kappa shape index (κ1) is 17.4. The third-order valence-electron chi connectivity index (χ3n) is 4.60. The van der Waals surface area contributed by atoms with Crippen molar-refractivity contribution < 1.29 is 13.7 Å². The molecule has 0 saturated carbocycles. The van der Waals surface area contributed by atoms with Crippen LogP contribution in [-0.4, -0.2) is 7.11 Å². The average molecular weight is 377 g/mol. The molecular formula is C23H19ClNO2+. The number of hydrogen-bond acceptors (Lipinski definition) is 2. The summed E-state index contributed by atoms with van der Waals surface area (Å²) in [6.45, 7) is 0. The van der Waals surface area contributed by atoms with Crippen molar-refractivity contribution in [3.05, 3.63) is 83.2 Å². The van der Waals surface area contributed by atoms with Gasteiger partial charge in [-0.25, -0.2) is 0 Å². The number of methoxy groups -OCH3 is 1. The van der Waals surface area contributed by atoms with Gasteiger partial charge < -0.3 is 9.15 Å². The van der Waals surface area contributed by atoms with Crippen molar-refractivity contribution in [1.29, 1.82) is 0 Å². The Bertz CT molecular complexity index is 1140. The molecule has 0 atom stereocenters. The highest BCUT2D eigenvalue weighted by molar-refractivity contribution is 6.32. The number of aryl methyl sites for hydroxylation is 1. The molecule has 2 aromatic carbocycles. The molecule has 0 amide bonds. The van der Waals surface area contributed by atoms with E-state index in [1.807, 2.05) is 42.5 Å². The monoisotopic (exact) mass is 376 g/mol. The molecule has 0 aliphatic rings. The molecule has 0 fully saturated rings. The van der Waals surface area contributed by atoms with Gasteiger partial charge >= 0.3 is 0 Å². The number of para-hydroxylation sites is 1. The number of aromatic nitrogens is 1. The smallest absolute Gasteiger partial charge is 0.212 e. The Morgan fingerprint density at radius 1 is 0.963 bits per heavy atom. The van der Waals surface area contributed by atoms with Crippen molar-refractivity contribution in [2.24, 2.45) is 7.05 Å².